The van der Waals surface area contributed by atoms with Crippen molar-refractivity contribution in [1.29, 1.82) is 0 Å². The van der Waals surface area contributed by atoms with Crippen LogP contribution in [0.3, 0.4) is 0 Å². The summed E-state index contributed by atoms with van der Waals surface area (Å²) in [4.78, 5) is 24.4. The molecule has 136 valence electrons. The summed E-state index contributed by atoms with van der Waals surface area (Å²) in [6.45, 7) is 2.24. The van der Waals surface area contributed by atoms with Crippen molar-refractivity contribution in [2.45, 2.75) is 77.6 Å². The zero-order chi connectivity index (χ0) is 17.8. The number of rotatable bonds is 13. The fourth-order valence-corrected chi connectivity index (χ4v) is 3.18. The van der Waals surface area contributed by atoms with Crippen molar-refractivity contribution in [3.63, 3.8) is 0 Å². The molecule has 0 saturated heterocycles. The molecule has 0 atom stereocenters. The minimum Gasteiger partial charge on any atom is -0.385 e. The van der Waals surface area contributed by atoms with Crippen molar-refractivity contribution < 1.29 is 9.59 Å². The van der Waals surface area contributed by atoms with E-state index in [2.05, 4.69) is 17.6 Å². The van der Waals surface area contributed by atoms with Gasteiger partial charge in [0, 0.05) is 25.7 Å². The van der Waals surface area contributed by atoms with E-state index in [9.17, 15) is 9.59 Å². The van der Waals surface area contributed by atoms with Crippen LogP contribution < -0.4 is 10.6 Å². The highest BCUT2D eigenvalue weighted by molar-refractivity contribution is 6.22. The highest BCUT2D eigenvalue weighted by Gasteiger charge is 2.26. The van der Waals surface area contributed by atoms with Gasteiger partial charge in [-0.1, -0.05) is 64.7 Å². The maximum absolute atomic E-state index is 12.4. The summed E-state index contributed by atoms with van der Waals surface area (Å²) in [6, 6.07) is 0. The Hall–Kier alpha value is -1.58. The van der Waals surface area contributed by atoms with E-state index in [4.69, 9.17) is 0 Å². The summed E-state index contributed by atoms with van der Waals surface area (Å²) >= 11 is 0. The SMILES string of the molecule is CCCCCCCCCCCCC1=C(NC)C(=O)C=C(NC)C1=O. The molecule has 1 rings (SSSR count). The van der Waals surface area contributed by atoms with Gasteiger partial charge in [-0.25, -0.2) is 0 Å². The van der Waals surface area contributed by atoms with E-state index in [1.165, 1.54) is 57.4 Å². The topological polar surface area (TPSA) is 58.2 Å². The quantitative estimate of drug-likeness (QED) is 0.394. The molecule has 0 fully saturated rings. The van der Waals surface area contributed by atoms with Crippen LogP contribution in [0, 0.1) is 0 Å². The molecule has 2 N–H and O–H groups in total. The van der Waals surface area contributed by atoms with Crippen LogP contribution in [-0.4, -0.2) is 25.7 Å². The summed E-state index contributed by atoms with van der Waals surface area (Å²) in [5.74, 6) is -0.152. The second-order valence-electron chi connectivity index (χ2n) is 6.54. The molecule has 0 saturated carbocycles. The van der Waals surface area contributed by atoms with Gasteiger partial charge < -0.3 is 10.6 Å². The van der Waals surface area contributed by atoms with Crippen molar-refractivity contribution in [2.75, 3.05) is 14.1 Å². The Morgan fingerprint density at radius 3 is 1.83 bits per heavy atom. The molecule has 0 heterocycles. The van der Waals surface area contributed by atoms with Crippen molar-refractivity contribution in [3.8, 4) is 0 Å². The van der Waals surface area contributed by atoms with Crippen LogP contribution in [0.1, 0.15) is 77.6 Å². The summed E-state index contributed by atoms with van der Waals surface area (Å²) < 4.78 is 0. The van der Waals surface area contributed by atoms with Crippen LogP contribution >= 0.6 is 0 Å². The molecule has 0 spiro atoms. The lowest BCUT2D eigenvalue weighted by atomic mass is 9.92. The lowest BCUT2D eigenvalue weighted by Gasteiger charge is -2.18. The molecule has 1 aliphatic rings. The number of unbranched alkanes of at least 4 members (excludes halogenated alkanes) is 9. The van der Waals surface area contributed by atoms with Crippen LogP contribution in [0.15, 0.2) is 23.0 Å². The van der Waals surface area contributed by atoms with Gasteiger partial charge in [0.05, 0.1) is 11.4 Å². The van der Waals surface area contributed by atoms with E-state index in [0.717, 1.165) is 12.8 Å². The van der Waals surface area contributed by atoms with Gasteiger partial charge in [-0.05, 0) is 12.8 Å². The van der Waals surface area contributed by atoms with Crippen LogP contribution in [0.2, 0.25) is 0 Å². The maximum Gasteiger partial charge on any atom is 0.207 e. The average molecular weight is 335 g/mol. The molecule has 1 aliphatic carbocycles. The summed E-state index contributed by atoms with van der Waals surface area (Å²) in [5, 5.41) is 5.73. The molecular formula is C20H34N2O2. The van der Waals surface area contributed by atoms with E-state index in [0.29, 0.717) is 23.4 Å². The molecule has 0 amide bonds. The molecule has 4 nitrogen and oxygen atoms in total. The van der Waals surface area contributed by atoms with E-state index in [1.807, 2.05) is 0 Å². The van der Waals surface area contributed by atoms with Crippen LogP contribution in [-0.2, 0) is 9.59 Å². The Morgan fingerprint density at radius 1 is 0.792 bits per heavy atom. The van der Waals surface area contributed by atoms with Crippen molar-refractivity contribution >= 4 is 11.6 Å². The predicted molar refractivity (Wildman–Crippen MR) is 99.7 cm³/mol. The Bertz CT molecular complexity index is 478. The van der Waals surface area contributed by atoms with E-state index < -0.39 is 0 Å². The predicted octanol–water partition coefficient (Wildman–Crippen LogP) is 4.03. The van der Waals surface area contributed by atoms with Crippen molar-refractivity contribution in [1.82, 2.24) is 10.6 Å². The first-order valence-electron chi connectivity index (χ1n) is 9.55. The fraction of sp³-hybridized carbons (Fsp3) is 0.700. The summed E-state index contributed by atoms with van der Waals surface area (Å²) in [7, 11) is 3.39. The number of Topliss-reactive ketones (excluding diaryl/α,β-unsaturated/α-hetero) is 1. The highest BCUT2D eigenvalue weighted by atomic mass is 16.1. The minimum absolute atomic E-state index is 0.0441. The monoisotopic (exact) mass is 334 g/mol. The number of nitrogens with one attached hydrogen (secondary N) is 2. The number of ketones is 2. The molecular weight excluding hydrogens is 300 g/mol. The minimum atomic E-state index is -0.108. The molecule has 0 bridgehead atoms. The van der Waals surface area contributed by atoms with Gasteiger partial charge in [-0.3, -0.25) is 9.59 Å². The molecule has 0 unspecified atom stereocenters. The third-order valence-electron chi connectivity index (χ3n) is 4.64. The van der Waals surface area contributed by atoms with Crippen molar-refractivity contribution in [3.05, 3.63) is 23.0 Å². The number of likely N-dealkylation sites (N-methyl/N-ethyl adjacent to an activating group) is 2. The zero-order valence-corrected chi connectivity index (χ0v) is 15.7. The summed E-state index contributed by atoms with van der Waals surface area (Å²) in [6.07, 6.45) is 14.7. The first kappa shape index (κ1) is 20.5. The smallest absolute Gasteiger partial charge is 0.207 e. The molecule has 0 aromatic rings. The van der Waals surface area contributed by atoms with Crippen LogP contribution in [0.25, 0.3) is 0 Å². The third kappa shape index (κ3) is 6.50. The Morgan fingerprint density at radius 2 is 1.33 bits per heavy atom. The number of allylic oxidation sites excluding steroid dienone is 2. The molecule has 4 heteroatoms. The largest absolute Gasteiger partial charge is 0.385 e. The molecule has 0 radical (unpaired) electrons. The molecule has 0 aliphatic heterocycles. The Kier molecular flexibility index (Phi) is 10.1. The molecule has 0 aromatic heterocycles. The molecule has 24 heavy (non-hydrogen) atoms. The van der Waals surface area contributed by atoms with E-state index in [1.54, 1.807) is 14.1 Å². The number of carbonyl (C=O) groups excluding carboxylic acids is 2. The Balaban J connectivity index is 2.28. The third-order valence-corrected chi connectivity index (χ3v) is 4.64. The second kappa shape index (κ2) is 11.9. The number of hydrogen-bond acceptors (Lipinski definition) is 4. The van der Waals surface area contributed by atoms with Gasteiger partial charge in [-0.2, -0.15) is 0 Å². The summed E-state index contributed by atoms with van der Waals surface area (Å²) in [5.41, 5.74) is 1.50. The zero-order valence-electron chi connectivity index (χ0n) is 15.7. The Labute approximate surface area is 147 Å². The number of hydrogen-bond donors (Lipinski definition) is 2. The van der Waals surface area contributed by atoms with E-state index in [-0.39, 0.29) is 11.6 Å². The lowest BCUT2D eigenvalue weighted by molar-refractivity contribution is -0.116. The van der Waals surface area contributed by atoms with Gasteiger partial charge in [0.1, 0.15) is 0 Å². The molecule has 0 aromatic carbocycles. The average Bonchev–Trinajstić information content (AvgIpc) is 2.59. The van der Waals surface area contributed by atoms with Gasteiger partial charge in [0.15, 0.2) is 0 Å². The fourth-order valence-electron chi connectivity index (χ4n) is 3.18. The lowest BCUT2D eigenvalue weighted by Crippen LogP contribution is -2.30. The van der Waals surface area contributed by atoms with Crippen LogP contribution in [0.5, 0.6) is 0 Å². The highest BCUT2D eigenvalue weighted by Crippen LogP contribution is 2.22. The van der Waals surface area contributed by atoms with Gasteiger partial charge >= 0.3 is 0 Å². The van der Waals surface area contributed by atoms with Gasteiger partial charge in [0.2, 0.25) is 11.6 Å². The van der Waals surface area contributed by atoms with E-state index >= 15 is 0 Å². The van der Waals surface area contributed by atoms with Gasteiger partial charge in [0.25, 0.3) is 0 Å². The van der Waals surface area contributed by atoms with Crippen LogP contribution in [0.4, 0.5) is 0 Å². The standard InChI is InChI=1S/C20H34N2O2/c1-4-5-6-7-8-9-10-11-12-13-14-16-19(22-3)18(23)15-17(21-2)20(16)24/h15,21-22H,4-14H2,1-3H3. The van der Waals surface area contributed by atoms with Gasteiger partial charge in [-0.15, -0.1) is 0 Å². The maximum atomic E-state index is 12.4. The van der Waals surface area contributed by atoms with Crippen molar-refractivity contribution in [2.24, 2.45) is 0 Å². The second-order valence-corrected chi connectivity index (χ2v) is 6.54. The first-order chi connectivity index (χ1) is 11.7. The normalized spacial score (nSPS) is 14.9. The first-order valence-corrected chi connectivity index (χ1v) is 9.55. The number of carbonyl (C=O) groups is 2.